The van der Waals surface area contributed by atoms with Crippen molar-refractivity contribution in [3.8, 4) is 5.75 Å². The van der Waals surface area contributed by atoms with E-state index in [-0.39, 0.29) is 18.2 Å². The van der Waals surface area contributed by atoms with Gasteiger partial charge in [0.05, 0.1) is 6.20 Å². The second kappa shape index (κ2) is 12.8. The largest absolute Gasteiger partial charge is 0.485 e. The minimum Gasteiger partial charge on any atom is -0.485 e. The molecule has 7 nitrogen and oxygen atoms in total. The van der Waals surface area contributed by atoms with Crippen molar-refractivity contribution in [2.24, 2.45) is 4.99 Å². The highest BCUT2D eigenvalue weighted by molar-refractivity contribution is 6.12. The molecule has 0 saturated heterocycles. The number of benzene rings is 4. The fraction of sp³-hybridized carbons (Fsp3) is 0.135. The number of para-hydroxylation sites is 1. The van der Waals surface area contributed by atoms with Gasteiger partial charge in [-0.15, -0.1) is 0 Å². The minimum absolute atomic E-state index is 0.143. The number of nitrogens with zero attached hydrogens (tertiary/aromatic N) is 2. The quantitative estimate of drug-likeness (QED) is 0.160. The second-order valence-electron chi connectivity index (χ2n) is 10.7. The molecule has 6 rings (SSSR count). The predicted molar refractivity (Wildman–Crippen MR) is 167 cm³/mol. The number of nitrogens with one attached hydrogen (secondary N) is 1. The Morgan fingerprint density at radius 3 is 2.27 bits per heavy atom. The number of carboxylic acid groups (broad SMARTS) is 1. The van der Waals surface area contributed by atoms with Crippen LogP contribution < -0.4 is 19.8 Å². The number of aromatic nitrogens is 1. The third-order valence-electron chi connectivity index (χ3n) is 7.74. The van der Waals surface area contributed by atoms with Gasteiger partial charge in [-0.3, -0.25) is 4.79 Å². The third kappa shape index (κ3) is 6.13. The van der Waals surface area contributed by atoms with Gasteiger partial charge in [0.2, 0.25) is 6.04 Å². The second-order valence-corrected chi connectivity index (χ2v) is 10.7. The van der Waals surface area contributed by atoms with Gasteiger partial charge in [-0.25, -0.2) is 4.79 Å². The zero-order chi connectivity index (χ0) is 30.5. The minimum atomic E-state index is -1.01. The maximum absolute atomic E-state index is 13.1. The number of pyridine rings is 1. The molecule has 1 unspecified atom stereocenters. The number of anilines is 1. The fourth-order valence-electron chi connectivity index (χ4n) is 5.44. The number of rotatable bonds is 11. The molecule has 5 aromatic rings. The van der Waals surface area contributed by atoms with Crippen LogP contribution in [-0.4, -0.2) is 29.5 Å². The van der Waals surface area contributed by atoms with Gasteiger partial charge in [0, 0.05) is 34.4 Å². The van der Waals surface area contributed by atoms with Crippen molar-refractivity contribution >= 4 is 17.4 Å². The summed E-state index contributed by atoms with van der Waals surface area (Å²) in [6, 6.07) is 36.6. The summed E-state index contributed by atoms with van der Waals surface area (Å²) >= 11 is 0. The number of carbonyl (C=O) groups excluding carboxylic acids is 1. The molecule has 44 heavy (non-hydrogen) atoms. The number of hydrogen-bond acceptors (Lipinski definition) is 5. The summed E-state index contributed by atoms with van der Waals surface area (Å²) in [6.07, 6.45) is 2.24. The average molecular weight is 583 g/mol. The van der Waals surface area contributed by atoms with E-state index in [0.29, 0.717) is 29.2 Å². The molecule has 4 aromatic carbocycles. The van der Waals surface area contributed by atoms with Crippen LogP contribution in [0.3, 0.4) is 0 Å². The van der Waals surface area contributed by atoms with Gasteiger partial charge >= 0.3 is 11.5 Å². The van der Waals surface area contributed by atoms with E-state index in [1.54, 1.807) is 48.5 Å². The molecule has 1 aliphatic heterocycles. The Morgan fingerprint density at radius 2 is 1.55 bits per heavy atom. The predicted octanol–water partition coefficient (Wildman–Crippen LogP) is 5.45. The first-order valence-electron chi connectivity index (χ1n) is 14.5. The number of hydrogen-bond donors (Lipinski definition) is 2. The lowest BCUT2D eigenvalue weighted by Crippen LogP contribution is -2.39. The molecule has 1 aliphatic rings. The zero-order valence-corrected chi connectivity index (χ0v) is 24.3. The normalized spacial score (nSPS) is 14.3. The monoisotopic (exact) mass is 582 g/mol. The van der Waals surface area contributed by atoms with Crippen LogP contribution in [0.25, 0.3) is 0 Å². The molecule has 0 amide bonds. The van der Waals surface area contributed by atoms with E-state index >= 15 is 0 Å². The lowest BCUT2D eigenvalue weighted by atomic mass is 10.00. The maximum Gasteiger partial charge on any atom is 0.326 e. The van der Waals surface area contributed by atoms with Crippen molar-refractivity contribution in [2.75, 3.05) is 11.9 Å². The SMILES string of the molecule is Cc1ccc[n+]2c1=NC(c1ccccc1)C=2COc1ccc(C[C@H](Nc2ccccc2C(=O)c2ccccc2)C(=O)O)cc1. The van der Waals surface area contributed by atoms with E-state index in [2.05, 4.69) is 34.7 Å². The van der Waals surface area contributed by atoms with Crippen LogP contribution in [-0.2, 0) is 11.2 Å². The molecule has 0 radical (unpaired) electrons. The van der Waals surface area contributed by atoms with Crippen LogP contribution in [0, 0.1) is 12.6 Å². The molecule has 1 aromatic heterocycles. The first-order chi connectivity index (χ1) is 21.5. The summed E-state index contributed by atoms with van der Waals surface area (Å²) in [5, 5.41) is 13.1. The molecule has 0 fully saturated rings. The smallest absolute Gasteiger partial charge is 0.326 e. The number of fused-ring (bicyclic) bond motifs is 1. The molecule has 0 aliphatic carbocycles. The van der Waals surface area contributed by atoms with Crippen molar-refractivity contribution in [3.63, 3.8) is 0 Å². The first kappa shape index (κ1) is 28.6. The van der Waals surface area contributed by atoms with Gasteiger partial charge < -0.3 is 15.2 Å². The highest BCUT2D eigenvalue weighted by Crippen LogP contribution is 2.26. The number of ether oxygens (including phenoxy) is 1. The Balaban J connectivity index is 1.17. The number of aliphatic carboxylic acids is 1. The number of carboxylic acids is 1. The van der Waals surface area contributed by atoms with Crippen molar-refractivity contribution < 1.29 is 23.7 Å². The number of aryl methyl sites for hydroxylation is 1. The third-order valence-corrected chi connectivity index (χ3v) is 7.74. The number of ketones is 1. The lowest BCUT2D eigenvalue weighted by Gasteiger charge is -2.18. The van der Waals surface area contributed by atoms with Gasteiger partial charge in [-0.05, 0) is 48.9 Å². The van der Waals surface area contributed by atoms with E-state index in [1.807, 2.05) is 60.8 Å². The van der Waals surface area contributed by atoms with Crippen molar-refractivity contribution in [1.82, 2.24) is 0 Å². The van der Waals surface area contributed by atoms with Crippen LogP contribution >= 0.6 is 0 Å². The topological polar surface area (TPSA) is 93.9 Å². The molecule has 7 heteroatoms. The van der Waals surface area contributed by atoms with Crippen molar-refractivity contribution in [1.29, 1.82) is 0 Å². The van der Waals surface area contributed by atoms with Gasteiger partial charge in [-0.2, -0.15) is 4.24 Å². The maximum atomic E-state index is 13.1. The Hall–Kier alpha value is -5.56. The molecule has 2 atom stereocenters. The Kier molecular flexibility index (Phi) is 8.28. The lowest BCUT2D eigenvalue weighted by molar-refractivity contribution is -0.538. The van der Waals surface area contributed by atoms with Gasteiger partial charge in [0.25, 0.3) is 0 Å². The van der Waals surface area contributed by atoms with Crippen LogP contribution in [0.2, 0.25) is 0 Å². The van der Waals surface area contributed by atoms with Crippen molar-refractivity contribution in [3.05, 3.63) is 167 Å². The molecule has 0 bridgehead atoms. The molecule has 0 saturated carbocycles. The summed E-state index contributed by atoms with van der Waals surface area (Å²) in [4.78, 5) is 30.4. The van der Waals surface area contributed by atoms with Gasteiger partial charge in [-0.1, -0.05) is 89.9 Å². The summed E-state index contributed by atoms with van der Waals surface area (Å²) in [6.45, 7) is 2.40. The summed E-state index contributed by atoms with van der Waals surface area (Å²) < 4.78 is 8.34. The number of carbonyl (C=O) groups is 2. The highest BCUT2D eigenvalue weighted by atomic mass is 16.5. The molecule has 2 N–H and O–H groups in total. The average Bonchev–Trinajstić information content (AvgIpc) is 3.44. The van der Waals surface area contributed by atoms with E-state index in [0.717, 1.165) is 27.9 Å². The Labute approximate surface area is 255 Å². The summed E-state index contributed by atoms with van der Waals surface area (Å²) in [7, 11) is 0. The van der Waals surface area contributed by atoms with Gasteiger partial charge in [0.15, 0.2) is 18.1 Å². The molecular formula is C37H32N3O4+. The van der Waals surface area contributed by atoms with Crippen LogP contribution in [0.4, 0.5) is 5.69 Å². The zero-order valence-electron chi connectivity index (χ0n) is 24.3. The van der Waals surface area contributed by atoms with Crippen LogP contribution in [0.1, 0.15) is 38.7 Å². The first-order valence-corrected chi connectivity index (χ1v) is 14.5. The van der Waals surface area contributed by atoms with Gasteiger partial charge in [0.1, 0.15) is 11.8 Å². The molecular weight excluding hydrogens is 550 g/mol. The molecule has 0 spiro atoms. The van der Waals surface area contributed by atoms with E-state index < -0.39 is 12.0 Å². The van der Waals surface area contributed by atoms with Crippen LogP contribution in [0.5, 0.6) is 5.75 Å². The molecule has 2 heterocycles. The van der Waals surface area contributed by atoms with E-state index in [1.165, 1.54) is 0 Å². The molecule has 218 valence electrons. The van der Waals surface area contributed by atoms with Crippen molar-refractivity contribution in [2.45, 2.75) is 25.4 Å². The highest BCUT2D eigenvalue weighted by Gasteiger charge is 2.32. The Morgan fingerprint density at radius 1 is 0.864 bits per heavy atom. The summed E-state index contributed by atoms with van der Waals surface area (Å²) in [5.74, 6) is -0.502. The van der Waals surface area contributed by atoms with E-state index in [9.17, 15) is 14.7 Å². The fourth-order valence-corrected chi connectivity index (χ4v) is 5.44. The van der Waals surface area contributed by atoms with Crippen LogP contribution in [0.15, 0.2) is 133 Å². The van der Waals surface area contributed by atoms with E-state index in [4.69, 9.17) is 9.73 Å². The standard InChI is InChI=1S/C37H31N3O4/c1-25-11-10-22-40-33(34(39-36(25)40)27-12-4-2-5-13-27)24-44-29-20-18-26(19-21-29)23-32(37(42)43)38-31-17-9-8-16-30(31)35(41)28-14-6-3-7-15-28/h2-22,32,34H,23-24H2,1H3,(H-,38,41,42,43)/p+1/t32-,34?/m0/s1. The summed E-state index contributed by atoms with van der Waals surface area (Å²) in [5.41, 5.74) is 6.42. The Bertz CT molecular complexity index is 1920.